The van der Waals surface area contributed by atoms with E-state index >= 15 is 0 Å². The van der Waals surface area contributed by atoms with Crippen molar-refractivity contribution in [2.45, 2.75) is 39.3 Å². The Morgan fingerprint density at radius 2 is 1.87 bits per heavy atom. The topological polar surface area (TPSA) is 81.9 Å². The Balaban J connectivity index is 1.64. The molecule has 4 aromatic rings. The third-order valence-electron chi connectivity index (χ3n) is 5.19. The van der Waals surface area contributed by atoms with Gasteiger partial charge in [0.05, 0.1) is 35.2 Å². The van der Waals surface area contributed by atoms with Crippen molar-refractivity contribution < 1.29 is 9.53 Å². The Bertz CT molecular complexity index is 1200. The van der Waals surface area contributed by atoms with Crippen LogP contribution in [0.5, 0.6) is 5.75 Å². The monoisotopic (exact) mass is 403 g/mol. The van der Waals surface area contributed by atoms with E-state index in [-0.39, 0.29) is 11.9 Å². The van der Waals surface area contributed by atoms with Gasteiger partial charge in [0.25, 0.3) is 5.91 Å². The van der Waals surface area contributed by atoms with Crippen LogP contribution >= 0.6 is 0 Å². The number of amides is 1. The number of aromatic nitrogens is 4. The maximum atomic E-state index is 12.9. The average molecular weight is 403 g/mol. The summed E-state index contributed by atoms with van der Waals surface area (Å²) in [4.78, 5) is 26.2. The molecule has 4 rings (SSSR count). The van der Waals surface area contributed by atoms with E-state index in [1.807, 2.05) is 31.2 Å². The molecule has 0 radical (unpaired) electrons. The molecule has 1 unspecified atom stereocenters. The zero-order valence-corrected chi connectivity index (χ0v) is 17.4. The van der Waals surface area contributed by atoms with Crippen molar-refractivity contribution in [3.8, 4) is 5.75 Å². The van der Waals surface area contributed by atoms with Crippen LogP contribution < -0.4 is 10.1 Å². The van der Waals surface area contributed by atoms with Crippen LogP contribution in [0.3, 0.4) is 0 Å². The molecule has 0 fully saturated rings. The van der Waals surface area contributed by atoms with Gasteiger partial charge in [-0.3, -0.25) is 14.8 Å². The number of rotatable bonds is 7. The van der Waals surface area contributed by atoms with Crippen LogP contribution in [-0.2, 0) is 6.54 Å². The Kier molecular flexibility index (Phi) is 5.61. The highest BCUT2D eigenvalue weighted by Gasteiger charge is 2.19. The zero-order chi connectivity index (χ0) is 21.1. The second kappa shape index (κ2) is 8.49. The fourth-order valence-electron chi connectivity index (χ4n) is 3.58. The zero-order valence-electron chi connectivity index (χ0n) is 17.4. The van der Waals surface area contributed by atoms with Gasteiger partial charge in [0.1, 0.15) is 11.6 Å². The number of fused-ring (bicyclic) bond motifs is 2. The number of imidazole rings is 1. The van der Waals surface area contributed by atoms with Crippen LogP contribution in [0.2, 0.25) is 0 Å². The van der Waals surface area contributed by atoms with Crippen LogP contribution in [0.4, 0.5) is 0 Å². The van der Waals surface area contributed by atoms with Crippen molar-refractivity contribution in [1.29, 1.82) is 0 Å². The Hall–Kier alpha value is -3.48. The molecule has 30 heavy (non-hydrogen) atoms. The van der Waals surface area contributed by atoms with Gasteiger partial charge in [-0.15, -0.1) is 0 Å². The summed E-state index contributed by atoms with van der Waals surface area (Å²) in [5.74, 6) is 1.46. The van der Waals surface area contributed by atoms with Crippen molar-refractivity contribution in [1.82, 2.24) is 24.8 Å². The van der Waals surface area contributed by atoms with Crippen LogP contribution in [0.25, 0.3) is 22.1 Å². The van der Waals surface area contributed by atoms with E-state index in [2.05, 4.69) is 26.8 Å². The lowest BCUT2D eigenvalue weighted by Crippen LogP contribution is -2.28. The summed E-state index contributed by atoms with van der Waals surface area (Å²) >= 11 is 0. The number of carbonyl (C=O) groups is 1. The highest BCUT2D eigenvalue weighted by atomic mass is 16.5. The number of hydrogen-bond acceptors (Lipinski definition) is 5. The molecule has 1 N–H and O–H groups in total. The van der Waals surface area contributed by atoms with Gasteiger partial charge in [-0.05, 0) is 43.7 Å². The summed E-state index contributed by atoms with van der Waals surface area (Å²) < 4.78 is 7.57. The highest BCUT2D eigenvalue weighted by Crippen LogP contribution is 2.26. The molecule has 7 nitrogen and oxygen atoms in total. The van der Waals surface area contributed by atoms with Gasteiger partial charge in [0.2, 0.25) is 0 Å². The Labute approximate surface area is 175 Å². The van der Waals surface area contributed by atoms with Gasteiger partial charge >= 0.3 is 0 Å². The first-order chi connectivity index (χ1) is 14.6. The average Bonchev–Trinajstić information content (AvgIpc) is 3.14. The van der Waals surface area contributed by atoms with Crippen LogP contribution in [0, 0.1) is 0 Å². The lowest BCUT2D eigenvalue weighted by Gasteiger charge is -2.16. The van der Waals surface area contributed by atoms with Crippen LogP contribution in [0.1, 0.15) is 48.9 Å². The van der Waals surface area contributed by atoms with E-state index in [1.165, 1.54) is 0 Å². The summed E-state index contributed by atoms with van der Waals surface area (Å²) in [5, 5.41) is 3.08. The number of carbonyl (C=O) groups excluding carboxylic acids is 1. The largest absolute Gasteiger partial charge is 0.497 e. The molecule has 2 aromatic carbocycles. The number of nitrogens with zero attached hydrogens (tertiary/aromatic N) is 4. The van der Waals surface area contributed by atoms with E-state index in [0.717, 1.165) is 47.5 Å². The molecule has 154 valence electrons. The number of unbranched alkanes of at least 4 members (excludes halogenated alkanes) is 1. The standard InChI is InChI=1S/C23H25N5O2/c1-4-5-12-28-21-14-17(30-3)7-9-19(21)27-22(28)15(2)26-23(29)16-6-8-18-20(13-16)25-11-10-24-18/h6-11,13-15H,4-5,12H2,1-3H3,(H,26,29). The SMILES string of the molecule is CCCCn1c(C(C)NC(=O)c2ccc3nccnc3c2)nc2ccc(OC)cc21. The van der Waals surface area contributed by atoms with Gasteiger partial charge in [-0.25, -0.2) is 4.98 Å². The molecule has 0 spiro atoms. The predicted octanol–water partition coefficient (Wildman–Crippen LogP) is 4.28. The molecule has 0 saturated heterocycles. The van der Waals surface area contributed by atoms with Crippen LogP contribution in [0.15, 0.2) is 48.8 Å². The Morgan fingerprint density at radius 1 is 1.10 bits per heavy atom. The summed E-state index contributed by atoms with van der Waals surface area (Å²) in [5.41, 5.74) is 3.91. The van der Waals surface area contributed by atoms with Gasteiger partial charge in [-0.2, -0.15) is 0 Å². The van der Waals surface area contributed by atoms with Crippen molar-refractivity contribution in [2.24, 2.45) is 0 Å². The lowest BCUT2D eigenvalue weighted by atomic mass is 10.1. The highest BCUT2D eigenvalue weighted by molar-refractivity contribution is 5.97. The second-order valence-corrected chi connectivity index (χ2v) is 7.28. The second-order valence-electron chi connectivity index (χ2n) is 7.28. The molecule has 0 saturated carbocycles. The minimum atomic E-state index is -0.259. The van der Waals surface area contributed by atoms with E-state index in [9.17, 15) is 4.79 Å². The van der Waals surface area contributed by atoms with E-state index < -0.39 is 0 Å². The summed E-state index contributed by atoms with van der Waals surface area (Å²) in [6, 6.07) is 10.9. The number of nitrogens with one attached hydrogen (secondary N) is 1. The molecule has 1 atom stereocenters. The first-order valence-electron chi connectivity index (χ1n) is 10.2. The molecule has 7 heteroatoms. The van der Waals surface area contributed by atoms with Crippen molar-refractivity contribution in [2.75, 3.05) is 7.11 Å². The molecule has 2 heterocycles. The molecular formula is C23H25N5O2. The van der Waals surface area contributed by atoms with E-state index in [4.69, 9.17) is 9.72 Å². The molecule has 0 aliphatic carbocycles. The fraction of sp³-hybridized carbons (Fsp3) is 0.304. The molecule has 0 aliphatic heterocycles. The first kappa shape index (κ1) is 19.8. The van der Waals surface area contributed by atoms with E-state index in [0.29, 0.717) is 11.1 Å². The molecule has 0 aliphatic rings. The molecule has 1 amide bonds. The quantitative estimate of drug-likeness (QED) is 0.498. The Morgan fingerprint density at radius 3 is 2.63 bits per heavy atom. The summed E-state index contributed by atoms with van der Waals surface area (Å²) in [6.07, 6.45) is 5.36. The van der Waals surface area contributed by atoms with Gasteiger partial charge in [0, 0.05) is 30.6 Å². The number of benzene rings is 2. The predicted molar refractivity (Wildman–Crippen MR) is 117 cm³/mol. The minimum absolute atomic E-state index is 0.165. The number of methoxy groups -OCH3 is 1. The number of aryl methyl sites for hydroxylation is 1. The molecule has 2 aromatic heterocycles. The maximum Gasteiger partial charge on any atom is 0.251 e. The number of ether oxygens (including phenoxy) is 1. The van der Waals surface area contributed by atoms with E-state index in [1.54, 1.807) is 31.6 Å². The van der Waals surface area contributed by atoms with Gasteiger partial charge in [-0.1, -0.05) is 13.3 Å². The van der Waals surface area contributed by atoms with Crippen molar-refractivity contribution >= 4 is 28.0 Å². The fourth-order valence-corrected chi connectivity index (χ4v) is 3.58. The summed E-state index contributed by atoms with van der Waals surface area (Å²) in [6.45, 7) is 4.95. The lowest BCUT2D eigenvalue weighted by molar-refractivity contribution is 0.0937. The van der Waals surface area contributed by atoms with Crippen molar-refractivity contribution in [3.05, 3.63) is 60.2 Å². The maximum absolute atomic E-state index is 12.9. The summed E-state index contributed by atoms with van der Waals surface area (Å²) in [7, 11) is 1.66. The minimum Gasteiger partial charge on any atom is -0.497 e. The van der Waals surface area contributed by atoms with Crippen molar-refractivity contribution in [3.63, 3.8) is 0 Å². The number of hydrogen-bond donors (Lipinski definition) is 1. The van der Waals surface area contributed by atoms with Gasteiger partial charge in [0.15, 0.2) is 0 Å². The third kappa shape index (κ3) is 3.83. The smallest absolute Gasteiger partial charge is 0.251 e. The molecular weight excluding hydrogens is 378 g/mol. The first-order valence-corrected chi connectivity index (χ1v) is 10.2. The van der Waals surface area contributed by atoms with Crippen LogP contribution in [-0.4, -0.2) is 32.5 Å². The van der Waals surface area contributed by atoms with Gasteiger partial charge < -0.3 is 14.6 Å². The molecule has 0 bridgehead atoms. The normalized spacial score (nSPS) is 12.2. The third-order valence-corrected chi connectivity index (χ3v) is 5.19.